The van der Waals surface area contributed by atoms with E-state index in [9.17, 15) is 4.79 Å². The third-order valence-corrected chi connectivity index (χ3v) is 5.22. The summed E-state index contributed by atoms with van der Waals surface area (Å²) in [6, 6.07) is 5.60. The zero-order chi connectivity index (χ0) is 19.6. The molecule has 4 aromatic rings. The van der Waals surface area contributed by atoms with Crippen LogP contribution < -0.4 is 5.56 Å². The van der Waals surface area contributed by atoms with E-state index in [1.807, 2.05) is 24.4 Å². The van der Waals surface area contributed by atoms with E-state index < -0.39 is 0 Å². The molecule has 1 fully saturated rings. The molecule has 29 heavy (non-hydrogen) atoms. The highest BCUT2D eigenvalue weighted by molar-refractivity contribution is 5.79. The van der Waals surface area contributed by atoms with Crippen molar-refractivity contribution < 1.29 is 4.74 Å². The smallest absolute Gasteiger partial charge is 0.261 e. The molecular weight excluding hydrogens is 370 g/mol. The first-order chi connectivity index (χ1) is 14.3. The number of aryl methyl sites for hydroxylation is 1. The van der Waals surface area contributed by atoms with Gasteiger partial charge in [-0.3, -0.25) is 14.7 Å². The number of fused-ring (bicyclic) bond motifs is 3. The van der Waals surface area contributed by atoms with Crippen LogP contribution in [0.1, 0.15) is 6.42 Å². The lowest BCUT2D eigenvalue weighted by atomic mass is 10.3. The molecule has 0 spiro atoms. The van der Waals surface area contributed by atoms with Crippen molar-refractivity contribution in [3.8, 4) is 11.4 Å². The molecule has 0 radical (unpaired) electrons. The Morgan fingerprint density at radius 2 is 1.90 bits per heavy atom. The van der Waals surface area contributed by atoms with Gasteiger partial charge in [0, 0.05) is 56.5 Å². The summed E-state index contributed by atoms with van der Waals surface area (Å²) >= 11 is 0. The van der Waals surface area contributed by atoms with Crippen molar-refractivity contribution in [3.05, 3.63) is 53.3 Å². The molecule has 0 aliphatic carbocycles. The highest BCUT2D eigenvalue weighted by atomic mass is 16.5. The molecule has 0 unspecified atom stereocenters. The van der Waals surface area contributed by atoms with Crippen LogP contribution in [-0.2, 0) is 11.3 Å². The summed E-state index contributed by atoms with van der Waals surface area (Å²) in [5, 5.41) is 5.09. The minimum Gasteiger partial charge on any atom is -0.379 e. The maximum Gasteiger partial charge on any atom is 0.261 e. The molecule has 0 bridgehead atoms. The van der Waals surface area contributed by atoms with Gasteiger partial charge < -0.3 is 9.30 Å². The van der Waals surface area contributed by atoms with Crippen LogP contribution in [0.25, 0.3) is 28.1 Å². The van der Waals surface area contributed by atoms with Gasteiger partial charge >= 0.3 is 0 Å². The third kappa shape index (κ3) is 3.50. The Kier molecular flexibility index (Phi) is 4.74. The Bertz CT molecular complexity index is 1200. The molecule has 0 N–H and O–H groups in total. The summed E-state index contributed by atoms with van der Waals surface area (Å²) in [5.41, 5.74) is 1.51. The summed E-state index contributed by atoms with van der Waals surface area (Å²) < 4.78 is 8.75. The first-order valence-electron chi connectivity index (χ1n) is 9.75. The Morgan fingerprint density at radius 3 is 2.72 bits per heavy atom. The van der Waals surface area contributed by atoms with Gasteiger partial charge in [0.2, 0.25) is 0 Å². The van der Waals surface area contributed by atoms with Crippen molar-refractivity contribution in [1.82, 2.24) is 34.0 Å². The van der Waals surface area contributed by atoms with E-state index in [-0.39, 0.29) is 5.56 Å². The Hall–Kier alpha value is -3.17. The summed E-state index contributed by atoms with van der Waals surface area (Å²) in [5.74, 6) is 1.02. The van der Waals surface area contributed by atoms with Crippen LogP contribution in [0.4, 0.5) is 0 Å². The predicted octanol–water partition coefficient (Wildman–Crippen LogP) is 1.22. The van der Waals surface area contributed by atoms with Crippen molar-refractivity contribution in [1.29, 1.82) is 0 Å². The fraction of sp³-hybridized carbons (Fsp3) is 0.350. The van der Waals surface area contributed by atoms with E-state index in [4.69, 9.17) is 4.74 Å². The molecule has 1 aliphatic rings. The molecule has 4 aromatic heterocycles. The van der Waals surface area contributed by atoms with Crippen molar-refractivity contribution in [3.63, 3.8) is 0 Å². The lowest BCUT2D eigenvalue weighted by molar-refractivity contribution is 0.0369. The van der Waals surface area contributed by atoms with Gasteiger partial charge in [0.05, 0.1) is 24.1 Å². The van der Waals surface area contributed by atoms with E-state index in [2.05, 4.69) is 25.0 Å². The van der Waals surface area contributed by atoms with E-state index >= 15 is 0 Å². The number of morpholine rings is 1. The van der Waals surface area contributed by atoms with E-state index in [1.165, 1.54) is 0 Å². The lowest BCUT2D eigenvalue weighted by Gasteiger charge is -2.26. The summed E-state index contributed by atoms with van der Waals surface area (Å²) in [6.07, 6.45) is 7.73. The maximum atomic E-state index is 13.0. The van der Waals surface area contributed by atoms with Crippen LogP contribution in [-0.4, -0.2) is 66.9 Å². The van der Waals surface area contributed by atoms with Crippen molar-refractivity contribution in [2.24, 2.45) is 0 Å². The minimum absolute atomic E-state index is 0.0557. The van der Waals surface area contributed by atoms with Crippen LogP contribution in [0, 0.1) is 0 Å². The Balaban J connectivity index is 1.43. The molecule has 0 amide bonds. The lowest BCUT2D eigenvalue weighted by Crippen LogP contribution is -2.37. The van der Waals surface area contributed by atoms with E-state index in [0.717, 1.165) is 44.8 Å². The molecule has 5 heterocycles. The van der Waals surface area contributed by atoms with Crippen molar-refractivity contribution in [2.75, 3.05) is 32.8 Å². The summed E-state index contributed by atoms with van der Waals surface area (Å²) in [7, 11) is 0. The second-order valence-electron chi connectivity index (χ2n) is 7.06. The molecule has 1 saturated heterocycles. The quantitative estimate of drug-likeness (QED) is 0.505. The van der Waals surface area contributed by atoms with Gasteiger partial charge in [-0.25, -0.2) is 4.98 Å². The van der Waals surface area contributed by atoms with Crippen LogP contribution in [0.3, 0.4) is 0 Å². The molecule has 148 valence electrons. The van der Waals surface area contributed by atoms with E-state index in [0.29, 0.717) is 29.0 Å². The molecular formula is C20H21N7O2. The predicted molar refractivity (Wildman–Crippen MR) is 108 cm³/mol. The average Bonchev–Trinajstić information content (AvgIpc) is 3.21. The molecule has 0 aromatic carbocycles. The van der Waals surface area contributed by atoms with Gasteiger partial charge in [-0.1, -0.05) is 0 Å². The second-order valence-corrected chi connectivity index (χ2v) is 7.06. The van der Waals surface area contributed by atoms with Crippen LogP contribution in [0.5, 0.6) is 0 Å². The zero-order valence-corrected chi connectivity index (χ0v) is 15.9. The highest BCUT2D eigenvalue weighted by Crippen LogP contribution is 2.17. The molecule has 0 atom stereocenters. The molecule has 9 heteroatoms. The first kappa shape index (κ1) is 17.9. The zero-order valence-electron chi connectivity index (χ0n) is 15.9. The number of nitrogens with zero attached hydrogens (tertiary/aromatic N) is 7. The third-order valence-electron chi connectivity index (χ3n) is 5.22. The normalized spacial score (nSPS) is 15.3. The van der Waals surface area contributed by atoms with Gasteiger partial charge in [0.1, 0.15) is 0 Å². The number of hydrogen-bond acceptors (Lipinski definition) is 7. The Labute approximate surface area is 166 Å². The van der Waals surface area contributed by atoms with Gasteiger partial charge in [0.15, 0.2) is 5.82 Å². The average molecular weight is 391 g/mol. The standard InChI is InChI=1S/C20H21N7O2/c28-19-16-14-22-20-23-18(15-2-5-21-6-3-15)24-27(20)17(16)4-9-26(19)8-1-7-25-10-12-29-13-11-25/h2-6,9,14H,1,7-8,10-13H2. The number of pyridine rings is 2. The first-order valence-corrected chi connectivity index (χ1v) is 9.75. The number of aromatic nitrogens is 6. The summed E-state index contributed by atoms with van der Waals surface area (Å²) in [6.45, 7) is 5.13. The molecule has 5 rings (SSSR count). The Morgan fingerprint density at radius 1 is 1.07 bits per heavy atom. The number of rotatable bonds is 5. The van der Waals surface area contributed by atoms with Crippen LogP contribution >= 0.6 is 0 Å². The maximum absolute atomic E-state index is 13.0. The summed E-state index contributed by atoms with van der Waals surface area (Å²) in [4.78, 5) is 28.2. The van der Waals surface area contributed by atoms with Gasteiger partial charge in [-0.2, -0.15) is 9.50 Å². The number of ether oxygens (including phenoxy) is 1. The largest absolute Gasteiger partial charge is 0.379 e. The fourth-order valence-electron chi connectivity index (χ4n) is 3.65. The van der Waals surface area contributed by atoms with Crippen LogP contribution in [0.15, 0.2) is 47.8 Å². The monoisotopic (exact) mass is 391 g/mol. The van der Waals surface area contributed by atoms with Gasteiger partial charge in [-0.05, 0) is 24.6 Å². The highest BCUT2D eigenvalue weighted by Gasteiger charge is 2.13. The second kappa shape index (κ2) is 7.69. The van der Waals surface area contributed by atoms with Crippen molar-refractivity contribution in [2.45, 2.75) is 13.0 Å². The minimum atomic E-state index is -0.0557. The SMILES string of the molecule is O=c1c2cnc3nc(-c4ccncc4)nn3c2ccn1CCCN1CCOCC1. The topological polar surface area (TPSA) is 90.4 Å². The fourth-order valence-corrected chi connectivity index (χ4v) is 3.65. The van der Waals surface area contributed by atoms with E-state index in [1.54, 1.807) is 27.7 Å². The van der Waals surface area contributed by atoms with Gasteiger partial charge in [-0.15, -0.1) is 5.10 Å². The molecule has 0 saturated carbocycles. The number of hydrogen-bond donors (Lipinski definition) is 0. The van der Waals surface area contributed by atoms with Gasteiger partial charge in [0.25, 0.3) is 11.3 Å². The van der Waals surface area contributed by atoms with Crippen LogP contribution in [0.2, 0.25) is 0 Å². The van der Waals surface area contributed by atoms with Crippen molar-refractivity contribution >= 4 is 16.7 Å². The molecule has 9 nitrogen and oxygen atoms in total. The molecule has 1 aliphatic heterocycles.